The van der Waals surface area contributed by atoms with Crippen LogP contribution in [0.4, 0.5) is 0 Å². The van der Waals surface area contributed by atoms with E-state index in [4.69, 9.17) is 10.2 Å². The third kappa shape index (κ3) is 4.60. The van der Waals surface area contributed by atoms with Crippen molar-refractivity contribution in [3.05, 3.63) is 73.1 Å². The number of benzene rings is 1. The predicted octanol–water partition coefficient (Wildman–Crippen LogP) is 3.23. The Bertz CT molecular complexity index is 975. The van der Waals surface area contributed by atoms with Gasteiger partial charge in [-0.05, 0) is 18.2 Å². The number of aliphatic carboxylic acids is 2. The van der Waals surface area contributed by atoms with Crippen molar-refractivity contribution in [2.75, 3.05) is 12.5 Å². The molecule has 0 aliphatic heterocycles. The van der Waals surface area contributed by atoms with Crippen molar-refractivity contribution in [2.45, 2.75) is 0 Å². The summed E-state index contributed by atoms with van der Waals surface area (Å²) < 4.78 is 2.08. The molecule has 1 aromatic carbocycles. The van der Waals surface area contributed by atoms with Gasteiger partial charge in [0.05, 0.1) is 11.2 Å². The molecule has 2 heterocycles. The summed E-state index contributed by atoms with van der Waals surface area (Å²) in [4.78, 5) is 23.2. The lowest BCUT2D eigenvalue weighted by molar-refractivity contribution is -0.134. The topological polar surface area (TPSA) is 104 Å². The number of carboxylic acid groups (broad SMARTS) is 2. The molecular weight excluding hydrogens is 346 g/mol. The smallest absolute Gasteiger partial charge is 0.328 e. The molecule has 0 spiro atoms. The Morgan fingerprint density at radius 1 is 1.07 bits per heavy atom. The van der Waals surface area contributed by atoms with E-state index in [0.717, 1.165) is 22.3 Å². The van der Waals surface area contributed by atoms with Crippen LogP contribution in [0.5, 0.6) is 0 Å². The first kappa shape index (κ1) is 19.5. The zero-order valence-electron chi connectivity index (χ0n) is 14.7. The fourth-order valence-electron chi connectivity index (χ4n) is 2.64. The third-order valence-corrected chi connectivity index (χ3v) is 3.66. The highest BCUT2D eigenvalue weighted by Crippen LogP contribution is 2.33. The van der Waals surface area contributed by atoms with Crippen molar-refractivity contribution in [1.82, 2.24) is 9.66 Å². The van der Waals surface area contributed by atoms with Crippen LogP contribution in [0.1, 0.15) is 5.56 Å². The molecule has 7 heteroatoms. The van der Waals surface area contributed by atoms with E-state index in [1.807, 2.05) is 37.4 Å². The van der Waals surface area contributed by atoms with Crippen molar-refractivity contribution in [2.24, 2.45) is 0 Å². The Morgan fingerprint density at radius 3 is 2.19 bits per heavy atom. The molecular formula is C20H19N3O4. The number of pyridine rings is 1. The molecule has 7 nitrogen and oxygen atoms in total. The molecule has 0 atom stereocenters. The van der Waals surface area contributed by atoms with Crippen molar-refractivity contribution in [3.63, 3.8) is 0 Å². The summed E-state index contributed by atoms with van der Waals surface area (Å²) in [6.07, 6.45) is 6.64. The zero-order chi connectivity index (χ0) is 19.8. The lowest BCUT2D eigenvalue weighted by Crippen LogP contribution is -2.10. The summed E-state index contributed by atoms with van der Waals surface area (Å²) >= 11 is 0. The minimum absolute atomic E-state index is 0.558. The second-order valence-corrected chi connectivity index (χ2v) is 5.29. The Morgan fingerprint density at radius 2 is 1.67 bits per heavy atom. The number of aromatic nitrogens is 2. The number of nitrogens with zero attached hydrogens (tertiary/aromatic N) is 2. The van der Waals surface area contributed by atoms with Gasteiger partial charge >= 0.3 is 11.9 Å². The molecule has 0 aliphatic carbocycles. The molecule has 0 unspecified atom stereocenters. The van der Waals surface area contributed by atoms with E-state index in [9.17, 15) is 9.59 Å². The molecule has 0 aliphatic rings. The van der Waals surface area contributed by atoms with Crippen LogP contribution in [0.25, 0.3) is 28.2 Å². The summed E-state index contributed by atoms with van der Waals surface area (Å²) in [6, 6.07) is 12.3. The van der Waals surface area contributed by atoms with Crippen LogP contribution in [-0.4, -0.2) is 38.9 Å². The van der Waals surface area contributed by atoms with E-state index in [1.165, 1.54) is 5.39 Å². The lowest BCUT2D eigenvalue weighted by Gasteiger charge is -2.10. The highest BCUT2D eigenvalue weighted by molar-refractivity contribution is 5.97. The SMILES string of the molecule is C=Cc1c(-c2ccncc2)n(NC)c2ccccc12.O=C(O)/C=C\C(=O)O. The number of hydrogen-bond donors (Lipinski definition) is 3. The number of carboxylic acids is 2. The number of carbonyl (C=O) groups is 2. The van der Waals surface area contributed by atoms with Gasteiger partial charge in [0.25, 0.3) is 0 Å². The molecule has 0 fully saturated rings. The number of fused-ring (bicyclic) bond motifs is 1. The van der Waals surface area contributed by atoms with Crippen LogP contribution < -0.4 is 5.43 Å². The predicted molar refractivity (Wildman–Crippen MR) is 105 cm³/mol. The summed E-state index contributed by atoms with van der Waals surface area (Å²) in [5.74, 6) is -2.51. The van der Waals surface area contributed by atoms with Crippen molar-refractivity contribution in [1.29, 1.82) is 0 Å². The maximum Gasteiger partial charge on any atom is 0.328 e. The molecule has 0 radical (unpaired) electrons. The number of para-hydroxylation sites is 1. The molecule has 0 saturated carbocycles. The van der Waals surface area contributed by atoms with Crippen LogP contribution in [0.3, 0.4) is 0 Å². The maximum absolute atomic E-state index is 9.55. The van der Waals surface area contributed by atoms with E-state index >= 15 is 0 Å². The summed E-state index contributed by atoms with van der Waals surface area (Å²) in [5, 5.41) is 16.8. The van der Waals surface area contributed by atoms with Crippen LogP contribution in [0.2, 0.25) is 0 Å². The average Bonchev–Trinajstić information content (AvgIpc) is 3.01. The molecule has 3 rings (SSSR count). The fourth-order valence-corrected chi connectivity index (χ4v) is 2.64. The molecule has 3 N–H and O–H groups in total. The third-order valence-electron chi connectivity index (χ3n) is 3.66. The number of hydrogen-bond acceptors (Lipinski definition) is 4. The van der Waals surface area contributed by atoms with E-state index in [0.29, 0.717) is 12.2 Å². The first-order chi connectivity index (χ1) is 13.0. The molecule has 0 saturated heterocycles. The minimum Gasteiger partial charge on any atom is -0.478 e. The highest BCUT2D eigenvalue weighted by atomic mass is 16.4. The Balaban J connectivity index is 0.000000279. The molecule has 138 valence electrons. The fraction of sp³-hybridized carbons (Fsp3) is 0.0500. The first-order valence-corrected chi connectivity index (χ1v) is 7.97. The van der Waals surface area contributed by atoms with Gasteiger partial charge < -0.3 is 15.6 Å². The van der Waals surface area contributed by atoms with Gasteiger partial charge in [0.1, 0.15) is 0 Å². The minimum atomic E-state index is -1.26. The van der Waals surface area contributed by atoms with Gasteiger partial charge in [0.15, 0.2) is 0 Å². The van der Waals surface area contributed by atoms with Crippen molar-refractivity contribution >= 4 is 28.9 Å². The quantitative estimate of drug-likeness (QED) is 0.600. The second-order valence-electron chi connectivity index (χ2n) is 5.29. The van der Waals surface area contributed by atoms with Crippen LogP contribution in [0, 0.1) is 0 Å². The zero-order valence-corrected chi connectivity index (χ0v) is 14.7. The van der Waals surface area contributed by atoms with Crippen LogP contribution in [-0.2, 0) is 9.59 Å². The van der Waals surface area contributed by atoms with Gasteiger partial charge in [-0.3, -0.25) is 9.66 Å². The van der Waals surface area contributed by atoms with E-state index in [2.05, 4.69) is 33.8 Å². The van der Waals surface area contributed by atoms with E-state index < -0.39 is 11.9 Å². The van der Waals surface area contributed by atoms with Crippen molar-refractivity contribution < 1.29 is 19.8 Å². The van der Waals surface area contributed by atoms with Crippen LogP contribution in [0.15, 0.2) is 67.5 Å². The summed E-state index contributed by atoms with van der Waals surface area (Å²) in [7, 11) is 1.92. The molecule has 2 aromatic heterocycles. The Kier molecular flexibility index (Phi) is 6.49. The highest BCUT2D eigenvalue weighted by Gasteiger charge is 2.15. The molecule has 27 heavy (non-hydrogen) atoms. The number of nitrogens with one attached hydrogen (secondary N) is 1. The summed E-state index contributed by atoms with van der Waals surface area (Å²) in [6.45, 7) is 3.96. The van der Waals surface area contributed by atoms with Crippen molar-refractivity contribution in [3.8, 4) is 11.3 Å². The average molecular weight is 365 g/mol. The van der Waals surface area contributed by atoms with Gasteiger partial charge in [-0.25, -0.2) is 9.59 Å². The lowest BCUT2D eigenvalue weighted by atomic mass is 10.1. The maximum atomic E-state index is 9.55. The van der Waals surface area contributed by atoms with Gasteiger partial charge in [0, 0.05) is 48.1 Å². The number of rotatable bonds is 5. The largest absolute Gasteiger partial charge is 0.478 e. The summed E-state index contributed by atoms with van der Waals surface area (Å²) in [5.41, 5.74) is 7.75. The van der Waals surface area contributed by atoms with Gasteiger partial charge in [-0.15, -0.1) is 0 Å². The van der Waals surface area contributed by atoms with Gasteiger partial charge in [0.2, 0.25) is 0 Å². The van der Waals surface area contributed by atoms with Gasteiger partial charge in [-0.1, -0.05) is 30.9 Å². The standard InChI is InChI=1S/C16H15N3.C4H4O4/c1-3-13-14-6-4-5-7-15(14)19(17-2)16(13)12-8-10-18-11-9-12;5-3(6)1-2-4(7)8/h3-11,17H,1H2,2H3;1-2H,(H,5,6)(H,7,8)/b;2-1-. The molecule has 3 aromatic rings. The normalized spacial score (nSPS) is 10.3. The molecule has 0 amide bonds. The van der Waals surface area contributed by atoms with E-state index in [1.54, 1.807) is 12.4 Å². The monoisotopic (exact) mass is 365 g/mol. The Labute approximate surface area is 155 Å². The first-order valence-electron chi connectivity index (χ1n) is 7.97. The van der Waals surface area contributed by atoms with Gasteiger partial charge in [-0.2, -0.15) is 0 Å². The Hall–Kier alpha value is -3.87. The molecule has 0 bridgehead atoms. The van der Waals surface area contributed by atoms with E-state index in [-0.39, 0.29) is 0 Å². The second kappa shape index (κ2) is 9.00. The van der Waals surface area contributed by atoms with Crippen LogP contribution >= 0.6 is 0 Å².